The molecule has 10 heteroatoms. The molecule has 40 heavy (non-hydrogen) atoms. The lowest BCUT2D eigenvalue weighted by molar-refractivity contribution is -0.140. The van der Waals surface area contributed by atoms with Crippen LogP contribution in [0.3, 0.4) is 0 Å². The maximum atomic E-state index is 14.1. The topological polar surface area (TPSA) is 90.0 Å². The summed E-state index contributed by atoms with van der Waals surface area (Å²) in [7, 11) is -1.27. The number of benzene rings is 3. The molecule has 8 nitrogen and oxygen atoms in total. The number of carbonyl (C=O) groups is 2. The van der Waals surface area contributed by atoms with Crippen molar-refractivity contribution in [1.82, 2.24) is 14.5 Å². The first-order chi connectivity index (χ1) is 19.0. The summed E-state index contributed by atoms with van der Waals surface area (Å²) in [6.45, 7) is 3.80. The Bertz CT molecular complexity index is 1350. The van der Waals surface area contributed by atoms with E-state index in [4.69, 9.17) is 0 Å². The van der Waals surface area contributed by atoms with E-state index in [0.717, 1.165) is 14.2 Å². The number of hydrogen-bond acceptors (Lipinski definition) is 4. The zero-order chi connectivity index (χ0) is 29.3. The molecule has 0 heterocycles. The van der Waals surface area contributed by atoms with E-state index in [-0.39, 0.29) is 24.8 Å². The van der Waals surface area contributed by atoms with Crippen LogP contribution in [0.1, 0.15) is 25.0 Å². The van der Waals surface area contributed by atoms with Crippen molar-refractivity contribution < 1.29 is 22.4 Å². The second-order valence-corrected chi connectivity index (χ2v) is 12.2. The molecule has 3 rings (SSSR count). The lowest BCUT2D eigenvalue weighted by Crippen LogP contribution is -2.54. The minimum absolute atomic E-state index is 0.0175. The second-order valence-electron chi connectivity index (χ2n) is 10.1. The molecule has 0 aliphatic carbocycles. The highest BCUT2D eigenvalue weighted by Gasteiger charge is 2.34. The number of para-hydroxylation sites is 1. The van der Waals surface area contributed by atoms with Gasteiger partial charge in [-0.15, -0.1) is 0 Å². The lowest BCUT2D eigenvalue weighted by Gasteiger charge is -2.34. The molecule has 0 saturated carbocycles. The van der Waals surface area contributed by atoms with Crippen LogP contribution in [0, 0.1) is 11.7 Å². The molecular weight excluding hydrogens is 531 g/mol. The lowest BCUT2D eigenvalue weighted by atomic mass is 10.0. The molecule has 3 aromatic rings. The van der Waals surface area contributed by atoms with Gasteiger partial charge in [0.25, 0.3) is 0 Å². The van der Waals surface area contributed by atoms with Gasteiger partial charge in [-0.1, -0.05) is 74.5 Å². The Labute approximate surface area is 236 Å². The summed E-state index contributed by atoms with van der Waals surface area (Å²) in [6, 6.07) is 22.4. The molecule has 0 radical (unpaired) electrons. The Hall–Kier alpha value is -3.76. The van der Waals surface area contributed by atoms with Gasteiger partial charge in [-0.3, -0.25) is 9.59 Å². The molecule has 0 unspecified atom stereocenters. The minimum Gasteiger partial charge on any atom is -0.354 e. The van der Waals surface area contributed by atoms with Gasteiger partial charge in [-0.2, -0.15) is 12.7 Å². The predicted molar refractivity (Wildman–Crippen MR) is 155 cm³/mol. The summed E-state index contributed by atoms with van der Waals surface area (Å²) in [5.74, 6) is -1.17. The molecule has 3 aromatic carbocycles. The van der Waals surface area contributed by atoms with Gasteiger partial charge in [-0.25, -0.2) is 8.70 Å². The van der Waals surface area contributed by atoms with Crippen LogP contribution in [0.2, 0.25) is 0 Å². The maximum Gasteiger partial charge on any atom is 0.304 e. The van der Waals surface area contributed by atoms with Crippen molar-refractivity contribution in [1.29, 1.82) is 0 Å². The number of rotatable bonds is 13. The molecule has 0 saturated heterocycles. The van der Waals surface area contributed by atoms with Crippen molar-refractivity contribution >= 4 is 27.7 Å². The van der Waals surface area contributed by atoms with Gasteiger partial charge in [0, 0.05) is 33.6 Å². The van der Waals surface area contributed by atoms with Crippen molar-refractivity contribution in [2.75, 3.05) is 31.5 Å². The number of anilines is 1. The first kappa shape index (κ1) is 30.8. The summed E-state index contributed by atoms with van der Waals surface area (Å²) in [5.41, 5.74) is 1.76. The average molecular weight is 569 g/mol. The van der Waals surface area contributed by atoms with Gasteiger partial charge >= 0.3 is 10.2 Å². The maximum absolute atomic E-state index is 14.1. The largest absolute Gasteiger partial charge is 0.354 e. The highest BCUT2D eigenvalue weighted by molar-refractivity contribution is 7.90. The van der Waals surface area contributed by atoms with Crippen LogP contribution < -0.4 is 9.62 Å². The van der Waals surface area contributed by atoms with Gasteiger partial charge < -0.3 is 10.2 Å². The molecule has 1 N–H and O–H groups in total. The van der Waals surface area contributed by atoms with Crippen molar-refractivity contribution in [3.05, 3.63) is 102 Å². The van der Waals surface area contributed by atoms with Gasteiger partial charge in [0.15, 0.2) is 0 Å². The van der Waals surface area contributed by atoms with Crippen LogP contribution in [0.25, 0.3) is 0 Å². The number of halogens is 1. The molecule has 0 aliphatic heterocycles. The Morgan fingerprint density at radius 2 is 1.43 bits per heavy atom. The number of amides is 2. The van der Waals surface area contributed by atoms with Gasteiger partial charge in [0.05, 0.1) is 5.69 Å². The molecule has 2 amide bonds. The van der Waals surface area contributed by atoms with E-state index in [1.807, 2.05) is 44.2 Å². The fourth-order valence-electron chi connectivity index (χ4n) is 4.07. The first-order valence-electron chi connectivity index (χ1n) is 13.1. The van der Waals surface area contributed by atoms with Crippen molar-refractivity contribution in [3.8, 4) is 0 Å². The highest BCUT2D eigenvalue weighted by atomic mass is 32.2. The first-order valence-corrected chi connectivity index (χ1v) is 14.5. The Balaban J connectivity index is 2.06. The quantitative estimate of drug-likeness (QED) is 0.339. The van der Waals surface area contributed by atoms with E-state index in [0.29, 0.717) is 17.8 Å². The van der Waals surface area contributed by atoms with E-state index in [2.05, 4.69) is 5.32 Å². The number of nitrogens with one attached hydrogen (secondary N) is 1. The number of carbonyl (C=O) groups excluding carboxylic acids is 2. The zero-order valence-electron chi connectivity index (χ0n) is 23.3. The van der Waals surface area contributed by atoms with E-state index in [9.17, 15) is 22.4 Å². The Kier molecular flexibility index (Phi) is 10.8. The summed E-state index contributed by atoms with van der Waals surface area (Å²) >= 11 is 0. The Morgan fingerprint density at radius 3 is 1.98 bits per heavy atom. The highest BCUT2D eigenvalue weighted by Crippen LogP contribution is 2.21. The monoisotopic (exact) mass is 568 g/mol. The SMILES string of the molecule is CC(C)CNC(=O)[C@@H](Cc1ccccc1)N(Cc1ccc(F)cc1)C(=O)CN(c1ccccc1)S(=O)(=O)N(C)C. The third-order valence-corrected chi connectivity index (χ3v) is 8.10. The predicted octanol–water partition coefficient (Wildman–Crippen LogP) is 3.85. The third-order valence-electron chi connectivity index (χ3n) is 6.28. The summed E-state index contributed by atoms with van der Waals surface area (Å²) < 4.78 is 42.4. The van der Waals surface area contributed by atoms with E-state index in [1.165, 1.54) is 31.1 Å². The molecule has 1 atom stereocenters. The molecule has 0 aromatic heterocycles. The molecular formula is C30H37FN4O4S. The zero-order valence-corrected chi connectivity index (χ0v) is 24.1. The minimum atomic E-state index is -4.06. The van der Waals surface area contributed by atoms with Gasteiger partial charge in [0.2, 0.25) is 11.8 Å². The molecule has 0 aliphatic rings. The summed E-state index contributed by atoms with van der Waals surface area (Å²) in [5, 5.41) is 2.93. The van der Waals surface area contributed by atoms with Crippen LogP contribution in [0.15, 0.2) is 84.9 Å². The third kappa shape index (κ3) is 8.37. The number of nitrogens with zero attached hydrogens (tertiary/aromatic N) is 3. The number of hydrogen-bond donors (Lipinski definition) is 1. The van der Waals surface area contributed by atoms with Gasteiger partial charge in [0.1, 0.15) is 18.4 Å². The van der Waals surface area contributed by atoms with E-state index in [1.54, 1.807) is 42.5 Å². The van der Waals surface area contributed by atoms with Crippen LogP contribution >= 0.6 is 0 Å². The Morgan fingerprint density at radius 1 is 0.850 bits per heavy atom. The van der Waals surface area contributed by atoms with E-state index >= 15 is 0 Å². The van der Waals surface area contributed by atoms with Crippen LogP contribution in [-0.2, 0) is 32.8 Å². The molecule has 214 valence electrons. The smallest absolute Gasteiger partial charge is 0.304 e. The fourth-order valence-corrected chi connectivity index (χ4v) is 5.13. The van der Waals surface area contributed by atoms with Crippen molar-refractivity contribution in [2.45, 2.75) is 32.9 Å². The van der Waals surface area contributed by atoms with Crippen LogP contribution in [0.5, 0.6) is 0 Å². The molecule has 0 bridgehead atoms. The van der Waals surface area contributed by atoms with Crippen LogP contribution in [0.4, 0.5) is 10.1 Å². The molecule has 0 spiro atoms. The molecule has 0 fully saturated rings. The van der Waals surface area contributed by atoms with Crippen molar-refractivity contribution in [2.24, 2.45) is 5.92 Å². The van der Waals surface area contributed by atoms with E-state index < -0.39 is 34.5 Å². The fraction of sp³-hybridized carbons (Fsp3) is 0.333. The summed E-state index contributed by atoms with van der Waals surface area (Å²) in [6.07, 6.45) is 0.212. The summed E-state index contributed by atoms with van der Waals surface area (Å²) in [4.78, 5) is 29.1. The second kappa shape index (κ2) is 14.0. The average Bonchev–Trinajstić information content (AvgIpc) is 2.94. The van der Waals surface area contributed by atoms with Gasteiger partial charge in [-0.05, 0) is 41.3 Å². The normalized spacial score (nSPS) is 12.3. The standard InChI is InChI=1S/C30H37FN4O4S/c1-23(2)20-32-30(37)28(19-24-11-7-5-8-12-24)34(21-25-15-17-26(31)18-16-25)29(36)22-35(40(38,39)33(3)4)27-13-9-6-10-14-27/h5-18,23,28H,19-22H2,1-4H3,(H,32,37)/t28-/m1/s1. The van der Waals surface area contributed by atoms with Crippen molar-refractivity contribution in [3.63, 3.8) is 0 Å². The van der Waals surface area contributed by atoms with Crippen LogP contribution in [-0.4, -0.2) is 62.7 Å².